The highest BCUT2D eigenvalue weighted by molar-refractivity contribution is 6.05. The Hall–Kier alpha value is -2.76. The summed E-state index contributed by atoms with van der Waals surface area (Å²) in [5.41, 5.74) is 1.95. The molecule has 2 N–H and O–H groups in total. The number of benzene rings is 1. The number of rotatable bonds is 2. The van der Waals surface area contributed by atoms with Crippen LogP contribution in [-0.4, -0.2) is 25.8 Å². The van der Waals surface area contributed by atoms with Crippen molar-refractivity contribution in [3.8, 4) is 0 Å². The molecule has 6 heteroatoms. The minimum atomic E-state index is -0.238. The van der Waals surface area contributed by atoms with Gasteiger partial charge in [0.15, 0.2) is 0 Å². The molecule has 0 aliphatic carbocycles. The van der Waals surface area contributed by atoms with Crippen LogP contribution in [0.4, 0.5) is 5.95 Å². The minimum absolute atomic E-state index is 0.238. The van der Waals surface area contributed by atoms with Gasteiger partial charge < -0.3 is 4.98 Å². The Morgan fingerprint density at radius 2 is 1.89 bits per heavy atom. The molecule has 0 bridgehead atoms. The summed E-state index contributed by atoms with van der Waals surface area (Å²) in [4.78, 5) is 27.0. The first-order valence-corrected chi connectivity index (χ1v) is 5.34. The van der Waals surface area contributed by atoms with Crippen LogP contribution in [0, 0.1) is 0 Å². The van der Waals surface area contributed by atoms with Crippen LogP contribution in [0.3, 0.4) is 0 Å². The molecule has 0 fully saturated rings. The van der Waals surface area contributed by atoms with Crippen molar-refractivity contribution in [1.82, 2.24) is 19.9 Å². The van der Waals surface area contributed by atoms with Crippen LogP contribution in [0.1, 0.15) is 10.4 Å². The van der Waals surface area contributed by atoms with Crippen molar-refractivity contribution in [3.05, 3.63) is 48.5 Å². The molecule has 0 atom stereocenters. The van der Waals surface area contributed by atoms with Gasteiger partial charge in [-0.15, -0.1) is 0 Å². The van der Waals surface area contributed by atoms with E-state index in [-0.39, 0.29) is 5.91 Å². The Morgan fingerprint density at radius 1 is 1.06 bits per heavy atom. The number of hydrogen-bond acceptors (Lipinski definition) is 4. The smallest absolute Gasteiger partial charge is 0.258 e. The molecule has 0 radical (unpaired) electrons. The largest absolute Gasteiger partial charge is 0.331 e. The molecule has 18 heavy (non-hydrogen) atoms. The zero-order valence-electron chi connectivity index (χ0n) is 9.29. The van der Waals surface area contributed by atoms with E-state index in [0.29, 0.717) is 17.0 Å². The van der Waals surface area contributed by atoms with Crippen molar-refractivity contribution in [2.75, 3.05) is 5.32 Å². The van der Waals surface area contributed by atoms with E-state index < -0.39 is 0 Å². The summed E-state index contributed by atoms with van der Waals surface area (Å²) in [7, 11) is 0. The summed E-state index contributed by atoms with van der Waals surface area (Å²) in [5, 5.41) is 2.65. The average Bonchev–Trinajstić information content (AvgIpc) is 2.91. The van der Waals surface area contributed by atoms with Gasteiger partial charge in [-0.3, -0.25) is 20.1 Å². The van der Waals surface area contributed by atoms with Crippen LogP contribution in [0.2, 0.25) is 0 Å². The van der Waals surface area contributed by atoms with Gasteiger partial charge in [-0.1, -0.05) is 0 Å². The topological polar surface area (TPSA) is 83.6 Å². The molecule has 3 aromatic rings. The van der Waals surface area contributed by atoms with Crippen LogP contribution in [0.5, 0.6) is 0 Å². The number of hydrogen-bond donors (Lipinski definition) is 2. The fourth-order valence-electron chi connectivity index (χ4n) is 1.62. The third-order valence-corrected chi connectivity index (χ3v) is 2.46. The molecular formula is C12H9N5O. The lowest BCUT2D eigenvalue weighted by Crippen LogP contribution is -2.12. The van der Waals surface area contributed by atoms with Gasteiger partial charge in [0.1, 0.15) is 0 Å². The number of nitrogens with one attached hydrogen (secondary N) is 2. The summed E-state index contributed by atoms with van der Waals surface area (Å²) in [5.74, 6) is 0.178. The van der Waals surface area contributed by atoms with E-state index >= 15 is 0 Å². The molecule has 0 spiro atoms. The number of carbonyl (C=O) groups is 1. The summed E-state index contributed by atoms with van der Waals surface area (Å²) < 4.78 is 0. The van der Waals surface area contributed by atoms with Crippen molar-refractivity contribution >= 4 is 22.9 Å². The van der Waals surface area contributed by atoms with Gasteiger partial charge in [0.25, 0.3) is 5.91 Å². The van der Waals surface area contributed by atoms with E-state index in [4.69, 9.17) is 0 Å². The molecular weight excluding hydrogens is 230 g/mol. The van der Waals surface area contributed by atoms with Gasteiger partial charge in [-0.25, -0.2) is 4.98 Å². The molecule has 0 saturated carbocycles. The fourth-order valence-corrected chi connectivity index (χ4v) is 1.62. The summed E-state index contributed by atoms with van der Waals surface area (Å²) in [6.45, 7) is 0. The monoisotopic (exact) mass is 239 g/mol. The Labute approximate surface area is 102 Å². The van der Waals surface area contributed by atoms with Crippen molar-refractivity contribution in [1.29, 1.82) is 0 Å². The number of carbonyl (C=O) groups excluding carboxylic acids is 1. The SMILES string of the molecule is O=C(Nc1ncc[nH]1)c1ccc2nccnc2c1. The predicted molar refractivity (Wildman–Crippen MR) is 66.1 cm³/mol. The molecule has 0 aliphatic heterocycles. The Kier molecular flexibility index (Phi) is 2.45. The zero-order chi connectivity index (χ0) is 12.4. The lowest BCUT2D eigenvalue weighted by Gasteiger charge is -2.02. The second-order valence-corrected chi connectivity index (χ2v) is 3.65. The summed E-state index contributed by atoms with van der Waals surface area (Å²) in [6.07, 6.45) is 6.42. The fraction of sp³-hybridized carbons (Fsp3) is 0. The average molecular weight is 239 g/mol. The zero-order valence-corrected chi connectivity index (χ0v) is 9.29. The van der Waals surface area contributed by atoms with Crippen molar-refractivity contribution in [2.45, 2.75) is 0 Å². The first kappa shape index (κ1) is 10.4. The number of anilines is 1. The summed E-state index contributed by atoms with van der Waals surface area (Å²) >= 11 is 0. The second kappa shape index (κ2) is 4.25. The van der Waals surface area contributed by atoms with E-state index in [1.165, 1.54) is 0 Å². The predicted octanol–water partition coefficient (Wildman–Crippen LogP) is 1.61. The van der Waals surface area contributed by atoms with Crippen LogP contribution >= 0.6 is 0 Å². The van der Waals surface area contributed by atoms with Gasteiger partial charge in [-0.2, -0.15) is 0 Å². The molecule has 3 rings (SSSR count). The number of aromatic amines is 1. The molecule has 88 valence electrons. The third kappa shape index (κ3) is 1.91. The van der Waals surface area contributed by atoms with E-state index in [1.54, 1.807) is 43.0 Å². The first-order chi connectivity index (χ1) is 8.83. The second-order valence-electron chi connectivity index (χ2n) is 3.65. The molecule has 2 heterocycles. The standard InChI is InChI=1S/C12H9N5O/c18-11(17-12-15-5-6-16-12)8-1-2-9-10(7-8)14-4-3-13-9/h1-7H,(H2,15,16,17,18). The summed E-state index contributed by atoms with van der Waals surface area (Å²) in [6, 6.07) is 5.16. The van der Waals surface area contributed by atoms with Gasteiger partial charge in [0.05, 0.1) is 11.0 Å². The maximum Gasteiger partial charge on any atom is 0.258 e. The molecule has 0 aliphatic rings. The number of amides is 1. The molecule has 6 nitrogen and oxygen atoms in total. The number of H-pyrrole nitrogens is 1. The van der Waals surface area contributed by atoms with E-state index in [2.05, 4.69) is 25.3 Å². The van der Waals surface area contributed by atoms with Gasteiger partial charge in [0, 0.05) is 30.4 Å². The molecule has 0 unspecified atom stereocenters. The van der Waals surface area contributed by atoms with Crippen molar-refractivity contribution < 1.29 is 4.79 Å². The number of nitrogens with zero attached hydrogens (tertiary/aromatic N) is 3. The number of aromatic nitrogens is 4. The quantitative estimate of drug-likeness (QED) is 0.711. The maximum atomic E-state index is 11.9. The van der Waals surface area contributed by atoms with Crippen LogP contribution in [0.25, 0.3) is 11.0 Å². The van der Waals surface area contributed by atoms with Crippen LogP contribution in [0.15, 0.2) is 43.0 Å². The lowest BCUT2D eigenvalue weighted by atomic mass is 10.2. The molecule has 1 aromatic carbocycles. The van der Waals surface area contributed by atoms with E-state index in [0.717, 1.165) is 5.52 Å². The normalized spacial score (nSPS) is 10.4. The third-order valence-electron chi connectivity index (χ3n) is 2.46. The van der Waals surface area contributed by atoms with Crippen molar-refractivity contribution in [3.63, 3.8) is 0 Å². The Morgan fingerprint density at radius 3 is 2.67 bits per heavy atom. The molecule has 0 saturated heterocycles. The van der Waals surface area contributed by atoms with E-state index in [9.17, 15) is 4.79 Å². The number of imidazole rings is 1. The van der Waals surface area contributed by atoms with Gasteiger partial charge >= 0.3 is 0 Å². The Bertz CT molecular complexity index is 693. The number of fused-ring (bicyclic) bond motifs is 1. The van der Waals surface area contributed by atoms with E-state index in [1.807, 2.05) is 0 Å². The Balaban J connectivity index is 1.92. The van der Waals surface area contributed by atoms with Crippen molar-refractivity contribution in [2.24, 2.45) is 0 Å². The first-order valence-electron chi connectivity index (χ1n) is 5.34. The maximum absolute atomic E-state index is 11.9. The highest BCUT2D eigenvalue weighted by atomic mass is 16.1. The van der Waals surface area contributed by atoms with Gasteiger partial charge in [0.2, 0.25) is 5.95 Å². The van der Waals surface area contributed by atoms with Crippen LogP contribution in [-0.2, 0) is 0 Å². The lowest BCUT2D eigenvalue weighted by molar-refractivity contribution is 0.102. The molecule has 2 aromatic heterocycles. The van der Waals surface area contributed by atoms with Gasteiger partial charge in [-0.05, 0) is 18.2 Å². The van der Waals surface area contributed by atoms with Crippen LogP contribution < -0.4 is 5.32 Å². The highest BCUT2D eigenvalue weighted by Crippen LogP contribution is 2.12. The molecule has 1 amide bonds. The minimum Gasteiger partial charge on any atom is -0.331 e. The highest BCUT2D eigenvalue weighted by Gasteiger charge is 2.08.